The topological polar surface area (TPSA) is 111 Å². The second kappa shape index (κ2) is 8.45. The Morgan fingerprint density at radius 3 is 1.68 bits per heavy atom. The van der Waals surface area contributed by atoms with Gasteiger partial charge in [-0.2, -0.15) is 0 Å². The molecule has 0 heterocycles. The molecule has 0 saturated carbocycles. The van der Waals surface area contributed by atoms with E-state index in [2.05, 4.69) is 15.1 Å². The molecule has 0 aromatic heterocycles. The van der Waals surface area contributed by atoms with E-state index in [0.29, 0.717) is 0 Å². The van der Waals surface area contributed by atoms with Gasteiger partial charge in [-0.05, 0) is 36.4 Å². The summed E-state index contributed by atoms with van der Waals surface area (Å²) in [6.45, 7) is 0. The fraction of sp³-hybridized carbons (Fsp3) is 0. The number of hydrogen-bond acceptors (Lipinski definition) is 8. The molecule has 3 aromatic rings. The fourth-order valence-corrected chi connectivity index (χ4v) is 2.13. The van der Waals surface area contributed by atoms with Gasteiger partial charge in [0.15, 0.2) is 10.7 Å². The van der Waals surface area contributed by atoms with Crippen molar-refractivity contribution in [2.24, 2.45) is 10.3 Å². The molecule has 0 radical (unpaired) electrons. The summed E-state index contributed by atoms with van der Waals surface area (Å²) in [5, 5.41) is 5.83. The van der Waals surface area contributed by atoms with Crippen molar-refractivity contribution in [1.29, 1.82) is 0 Å². The van der Waals surface area contributed by atoms with E-state index in [1.165, 1.54) is 24.3 Å². The molecule has 0 saturated heterocycles. The molecule has 138 valence electrons. The minimum absolute atomic E-state index is 0.198. The molecule has 0 atom stereocenters. The first-order valence-electron chi connectivity index (χ1n) is 8.02. The molecule has 8 heteroatoms. The predicted octanol–water partition coefficient (Wildman–Crippen LogP) is 0.628. The van der Waals surface area contributed by atoms with E-state index in [1.807, 2.05) is 0 Å². The van der Waals surface area contributed by atoms with Gasteiger partial charge >= 0.3 is 11.9 Å². The smallest absolute Gasteiger partial charge is 0.312 e. The van der Waals surface area contributed by atoms with Crippen LogP contribution in [0, 0.1) is 0 Å². The van der Waals surface area contributed by atoms with Crippen LogP contribution in [0.15, 0.2) is 92.7 Å². The standard InChI is InChI=1S/C20H12N2O6/c23-16-12-11-15(21-27-19(25)13-7-3-1-4-8-13)18(24)17(16)22-28-20(26)14-9-5-2-6-10-14/h1-12H/b21-15+,22-17+. The van der Waals surface area contributed by atoms with Gasteiger partial charge in [0.2, 0.25) is 10.9 Å². The molecule has 0 fully saturated rings. The first-order valence-corrected chi connectivity index (χ1v) is 8.02. The third kappa shape index (κ3) is 4.31. The third-order valence-electron chi connectivity index (χ3n) is 3.54. The van der Waals surface area contributed by atoms with Gasteiger partial charge in [-0.25, -0.2) is 9.59 Å². The van der Waals surface area contributed by atoms with Crippen LogP contribution >= 0.6 is 0 Å². The van der Waals surface area contributed by atoms with Crippen molar-refractivity contribution >= 4 is 11.9 Å². The van der Waals surface area contributed by atoms with E-state index < -0.39 is 28.2 Å². The van der Waals surface area contributed by atoms with Crippen molar-refractivity contribution in [3.8, 4) is 0 Å². The van der Waals surface area contributed by atoms with Crippen LogP contribution < -0.4 is 21.6 Å². The summed E-state index contributed by atoms with van der Waals surface area (Å²) < 4.78 is 0. The van der Waals surface area contributed by atoms with Crippen molar-refractivity contribution in [2.75, 3.05) is 0 Å². The Hall–Kier alpha value is -4.20. The number of nitrogens with zero attached hydrogens (tertiary/aromatic N) is 2. The number of rotatable bonds is 4. The Labute approximate surface area is 157 Å². The number of benzene rings is 3. The van der Waals surface area contributed by atoms with E-state index in [4.69, 9.17) is 4.84 Å². The van der Waals surface area contributed by atoms with Gasteiger partial charge < -0.3 is 9.68 Å². The average molecular weight is 376 g/mol. The molecule has 0 bridgehead atoms. The first-order chi connectivity index (χ1) is 13.6. The highest BCUT2D eigenvalue weighted by atomic mass is 16.7. The summed E-state index contributed by atoms with van der Waals surface area (Å²) in [6.07, 6.45) is 0. The lowest BCUT2D eigenvalue weighted by molar-refractivity contribution is 0.0493. The van der Waals surface area contributed by atoms with Crippen molar-refractivity contribution in [3.05, 3.63) is 115 Å². The van der Waals surface area contributed by atoms with Crippen molar-refractivity contribution < 1.29 is 19.3 Å². The molecule has 0 N–H and O–H groups in total. The van der Waals surface area contributed by atoms with Gasteiger partial charge in [-0.3, -0.25) is 9.59 Å². The molecule has 0 aliphatic heterocycles. The highest BCUT2D eigenvalue weighted by Gasteiger charge is 2.09. The molecule has 28 heavy (non-hydrogen) atoms. The summed E-state index contributed by atoms with van der Waals surface area (Å²) in [5.41, 5.74) is -1.27. The Balaban J connectivity index is 1.88. The lowest BCUT2D eigenvalue weighted by atomic mass is 10.2. The van der Waals surface area contributed by atoms with Gasteiger partial charge in [0.25, 0.3) is 0 Å². The van der Waals surface area contributed by atoms with Crippen LogP contribution in [0.25, 0.3) is 0 Å². The zero-order valence-electron chi connectivity index (χ0n) is 14.3. The fourth-order valence-electron chi connectivity index (χ4n) is 2.13. The van der Waals surface area contributed by atoms with Crippen LogP contribution in [0.4, 0.5) is 0 Å². The maximum absolute atomic E-state index is 12.3. The molecule has 0 aliphatic rings. The van der Waals surface area contributed by atoms with Crippen molar-refractivity contribution in [3.63, 3.8) is 0 Å². The number of carbonyl (C=O) groups is 2. The monoisotopic (exact) mass is 376 g/mol. The summed E-state index contributed by atoms with van der Waals surface area (Å²) in [4.78, 5) is 57.3. The van der Waals surface area contributed by atoms with Gasteiger partial charge in [0.1, 0.15) is 0 Å². The van der Waals surface area contributed by atoms with Gasteiger partial charge in [-0.15, -0.1) is 0 Å². The van der Waals surface area contributed by atoms with E-state index in [0.717, 1.165) is 12.1 Å². The molecule has 0 spiro atoms. The molecule has 0 unspecified atom stereocenters. The summed E-state index contributed by atoms with van der Waals surface area (Å²) in [5.74, 6) is -1.61. The lowest BCUT2D eigenvalue weighted by Gasteiger charge is -1.97. The van der Waals surface area contributed by atoms with Gasteiger partial charge in [0.05, 0.1) is 11.1 Å². The quantitative estimate of drug-likeness (QED) is 0.488. The number of carbonyl (C=O) groups excluding carboxylic acids is 2. The lowest BCUT2D eigenvalue weighted by Crippen LogP contribution is -2.47. The number of hydrogen-bond donors (Lipinski definition) is 0. The Bertz CT molecular complexity index is 1230. The summed E-state index contributed by atoms with van der Waals surface area (Å²) >= 11 is 0. The zero-order valence-corrected chi connectivity index (χ0v) is 14.3. The van der Waals surface area contributed by atoms with Gasteiger partial charge in [0, 0.05) is 0 Å². The predicted molar refractivity (Wildman–Crippen MR) is 96.2 cm³/mol. The first kappa shape index (κ1) is 18.6. The van der Waals surface area contributed by atoms with Crippen LogP contribution in [-0.2, 0) is 9.68 Å². The van der Waals surface area contributed by atoms with Crippen LogP contribution in [0.3, 0.4) is 0 Å². The molecule has 3 rings (SSSR count). The maximum Gasteiger partial charge on any atom is 0.365 e. The molecule has 8 nitrogen and oxygen atoms in total. The third-order valence-corrected chi connectivity index (χ3v) is 3.54. The van der Waals surface area contributed by atoms with Crippen molar-refractivity contribution in [2.45, 2.75) is 0 Å². The maximum atomic E-state index is 12.3. The van der Waals surface area contributed by atoms with Crippen molar-refractivity contribution in [1.82, 2.24) is 0 Å². The highest BCUT2D eigenvalue weighted by molar-refractivity contribution is 5.89. The minimum Gasteiger partial charge on any atom is -0.312 e. The second-order valence-electron chi connectivity index (χ2n) is 5.43. The van der Waals surface area contributed by atoms with E-state index in [-0.39, 0.29) is 16.5 Å². The highest BCUT2D eigenvalue weighted by Crippen LogP contribution is 2.01. The van der Waals surface area contributed by atoms with Crippen LogP contribution in [0.1, 0.15) is 20.7 Å². The Morgan fingerprint density at radius 1 is 0.643 bits per heavy atom. The molecular weight excluding hydrogens is 364 g/mol. The van der Waals surface area contributed by atoms with E-state index in [9.17, 15) is 19.2 Å². The zero-order chi connectivity index (χ0) is 19.9. The summed E-state index contributed by atoms with van der Waals surface area (Å²) in [7, 11) is 0. The Kier molecular flexibility index (Phi) is 5.61. The summed E-state index contributed by atoms with van der Waals surface area (Å²) in [6, 6.07) is 18.0. The van der Waals surface area contributed by atoms with Crippen LogP contribution in [0.5, 0.6) is 0 Å². The van der Waals surface area contributed by atoms with E-state index >= 15 is 0 Å². The van der Waals surface area contributed by atoms with Crippen LogP contribution in [0.2, 0.25) is 0 Å². The molecular formula is C20H12N2O6. The SMILES string of the molecule is O=C(O/N=c1\ccc(=O)/c(=N\OC(=O)c2ccccc2)c1=O)c1ccccc1. The minimum atomic E-state index is -0.936. The van der Waals surface area contributed by atoms with Gasteiger partial charge in [-0.1, -0.05) is 46.7 Å². The van der Waals surface area contributed by atoms with E-state index in [1.54, 1.807) is 36.4 Å². The molecule has 0 amide bonds. The molecule has 0 aliphatic carbocycles. The average Bonchev–Trinajstić information content (AvgIpc) is 2.74. The normalized spacial score (nSPS) is 11.9. The Morgan fingerprint density at radius 2 is 1.14 bits per heavy atom. The largest absolute Gasteiger partial charge is 0.365 e. The second-order valence-corrected chi connectivity index (χ2v) is 5.43. The van der Waals surface area contributed by atoms with Crippen LogP contribution in [-0.4, -0.2) is 11.9 Å². The molecule has 3 aromatic carbocycles.